The summed E-state index contributed by atoms with van der Waals surface area (Å²) in [7, 11) is 3.20. The molecule has 0 N–H and O–H groups in total. The molecule has 3 heteroatoms. The Morgan fingerprint density at radius 2 is 1.50 bits per heavy atom. The Morgan fingerprint density at radius 1 is 0.909 bits per heavy atom. The van der Waals surface area contributed by atoms with Gasteiger partial charge in [0.1, 0.15) is 11.5 Å². The second kappa shape index (κ2) is 6.22. The van der Waals surface area contributed by atoms with Crippen LogP contribution in [0.25, 0.3) is 0 Å². The number of benzene rings is 2. The van der Waals surface area contributed by atoms with Gasteiger partial charge in [-0.1, -0.05) is 51.1 Å². The van der Waals surface area contributed by atoms with Crippen molar-refractivity contribution in [1.82, 2.24) is 0 Å². The van der Waals surface area contributed by atoms with Crippen LogP contribution in [0.3, 0.4) is 0 Å². The highest BCUT2D eigenvalue weighted by molar-refractivity contribution is 6.11. The van der Waals surface area contributed by atoms with E-state index in [4.69, 9.17) is 9.47 Å². The third kappa shape index (κ3) is 3.14. The van der Waals surface area contributed by atoms with Crippen LogP contribution in [-0.4, -0.2) is 20.0 Å². The smallest absolute Gasteiger partial charge is 0.196 e. The van der Waals surface area contributed by atoms with Gasteiger partial charge in [-0.25, -0.2) is 0 Å². The molecule has 0 aliphatic rings. The number of rotatable bonds is 4. The summed E-state index contributed by atoms with van der Waals surface area (Å²) in [5.74, 6) is 1.20. The highest BCUT2D eigenvalue weighted by atomic mass is 16.5. The number of hydrogen-bond acceptors (Lipinski definition) is 3. The lowest BCUT2D eigenvalue weighted by Crippen LogP contribution is -2.15. The Kier molecular flexibility index (Phi) is 4.55. The fourth-order valence-corrected chi connectivity index (χ4v) is 2.41. The fourth-order valence-electron chi connectivity index (χ4n) is 2.41. The van der Waals surface area contributed by atoms with Gasteiger partial charge in [0.05, 0.1) is 19.8 Å². The SMILES string of the molecule is COc1cc(C(C)(C)C)c(OC)cc1C(=O)c1ccccc1. The van der Waals surface area contributed by atoms with Crippen LogP contribution in [0.1, 0.15) is 42.3 Å². The van der Waals surface area contributed by atoms with Gasteiger partial charge >= 0.3 is 0 Å². The molecule has 0 amide bonds. The molecule has 0 saturated carbocycles. The Hall–Kier alpha value is -2.29. The van der Waals surface area contributed by atoms with Crippen LogP contribution in [0.5, 0.6) is 11.5 Å². The number of ether oxygens (including phenoxy) is 2. The normalized spacial score (nSPS) is 11.1. The number of methoxy groups -OCH3 is 2. The summed E-state index contributed by atoms with van der Waals surface area (Å²) in [5.41, 5.74) is 2.05. The zero-order valence-electron chi connectivity index (χ0n) is 13.8. The lowest BCUT2D eigenvalue weighted by molar-refractivity contribution is 0.103. The third-order valence-electron chi connectivity index (χ3n) is 3.61. The molecule has 0 saturated heterocycles. The van der Waals surface area contributed by atoms with Gasteiger partial charge in [0, 0.05) is 11.1 Å². The molecule has 0 radical (unpaired) electrons. The number of carbonyl (C=O) groups excluding carboxylic acids is 1. The molecule has 0 aliphatic heterocycles. The molecule has 3 nitrogen and oxygen atoms in total. The van der Waals surface area contributed by atoms with Crippen LogP contribution in [0.4, 0.5) is 0 Å². The van der Waals surface area contributed by atoms with Gasteiger partial charge in [-0.3, -0.25) is 4.79 Å². The summed E-state index contributed by atoms with van der Waals surface area (Å²) in [6.07, 6.45) is 0. The average Bonchev–Trinajstić information content (AvgIpc) is 2.52. The van der Waals surface area contributed by atoms with E-state index in [1.165, 1.54) is 0 Å². The molecule has 116 valence electrons. The van der Waals surface area contributed by atoms with E-state index in [9.17, 15) is 4.79 Å². The highest BCUT2D eigenvalue weighted by Crippen LogP contribution is 2.37. The summed E-state index contributed by atoms with van der Waals surface area (Å²) < 4.78 is 10.9. The highest BCUT2D eigenvalue weighted by Gasteiger charge is 2.24. The molecule has 0 aliphatic carbocycles. The van der Waals surface area contributed by atoms with Crippen LogP contribution in [0.15, 0.2) is 42.5 Å². The van der Waals surface area contributed by atoms with E-state index in [0.717, 1.165) is 5.56 Å². The first kappa shape index (κ1) is 16.1. The van der Waals surface area contributed by atoms with Crippen LogP contribution in [0, 0.1) is 0 Å². The summed E-state index contributed by atoms with van der Waals surface area (Å²) in [5, 5.41) is 0. The molecule has 0 heterocycles. The van der Waals surface area contributed by atoms with Crippen molar-refractivity contribution in [2.45, 2.75) is 26.2 Å². The van der Waals surface area contributed by atoms with E-state index in [1.807, 2.05) is 24.3 Å². The Morgan fingerprint density at radius 3 is 2.00 bits per heavy atom. The molecule has 0 fully saturated rings. The van der Waals surface area contributed by atoms with Gasteiger partial charge in [-0.05, 0) is 17.5 Å². The van der Waals surface area contributed by atoms with E-state index >= 15 is 0 Å². The maximum atomic E-state index is 12.7. The van der Waals surface area contributed by atoms with Gasteiger partial charge in [-0.15, -0.1) is 0 Å². The van der Waals surface area contributed by atoms with Crippen molar-refractivity contribution in [2.24, 2.45) is 0 Å². The maximum absolute atomic E-state index is 12.7. The number of hydrogen-bond donors (Lipinski definition) is 0. The van der Waals surface area contributed by atoms with Crippen LogP contribution in [0.2, 0.25) is 0 Å². The summed E-state index contributed by atoms with van der Waals surface area (Å²) in [6.45, 7) is 6.30. The number of carbonyl (C=O) groups is 1. The Labute approximate surface area is 131 Å². The van der Waals surface area contributed by atoms with E-state index in [-0.39, 0.29) is 11.2 Å². The molecule has 0 unspecified atom stereocenters. The molecule has 0 bridgehead atoms. The zero-order valence-corrected chi connectivity index (χ0v) is 13.8. The quantitative estimate of drug-likeness (QED) is 0.792. The molecule has 2 aromatic carbocycles. The zero-order chi connectivity index (χ0) is 16.3. The molecular formula is C19H22O3. The first-order valence-corrected chi connectivity index (χ1v) is 7.24. The van der Waals surface area contributed by atoms with E-state index < -0.39 is 0 Å². The minimum Gasteiger partial charge on any atom is -0.496 e. The van der Waals surface area contributed by atoms with Crippen molar-refractivity contribution in [1.29, 1.82) is 0 Å². The van der Waals surface area contributed by atoms with Crippen LogP contribution >= 0.6 is 0 Å². The van der Waals surface area contributed by atoms with Crippen molar-refractivity contribution in [3.63, 3.8) is 0 Å². The first-order valence-electron chi connectivity index (χ1n) is 7.24. The van der Waals surface area contributed by atoms with Crippen molar-refractivity contribution in [2.75, 3.05) is 14.2 Å². The largest absolute Gasteiger partial charge is 0.496 e. The standard InChI is InChI=1S/C19H22O3/c1-19(2,3)15-12-16(21-4)14(11-17(15)22-5)18(20)13-9-7-6-8-10-13/h6-12H,1-5H3. The van der Waals surface area contributed by atoms with Gasteiger partial charge in [0.25, 0.3) is 0 Å². The lowest BCUT2D eigenvalue weighted by Gasteiger charge is -2.24. The molecular weight excluding hydrogens is 276 g/mol. The molecule has 0 spiro atoms. The second-order valence-electron chi connectivity index (χ2n) is 6.20. The van der Waals surface area contributed by atoms with Gasteiger partial charge < -0.3 is 9.47 Å². The van der Waals surface area contributed by atoms with Gasteiger partial charge in [-0.2, -0.15) is 0 Å². The van der Waals surface area contributed by atoms with E-state index in [0.29, 0.717) is 22.6 Å². The monoisotopic (exact) mass is 298 g/mol. The molecule has 2 rings (SSSR count). The second-order valence-corrected chi connectivity index (χ2v) is 6.20. The molecule has 0 atom stereocenters. The summed E-state index contributed by atoms with van der Waals surface area (Å²) >= 11 is 0. The average molecular weight is 298 g/mol. The van der Waals surface area contributed by atoms with Crippen molar-refractivity contribution >= 4 is 5.78 Å². The summed E-state index contributed by atoms with van der Waals surface area (Å²) in [4.78, 5) is 12.7. The maximum Gasteiger partial charge on any atom is 0.196 e. The molecule has 0 aromatic heterocycles. The minimum atomic E-state index is -0.104. The Bertz CT molecular complexity index is 667. The number of ketones is 1. The lowest BCUT2D eigenvalue weighted by atomic mass is 9.85. The van der Waals surface area contributed by atoms with Crippen molar-refractivity contribution in [3.05, 3.63) is 59.2 Å². The minimum absolute atomic E-state index is 0.0730. The van der Waals surface area contributed by atoms with Crippen LogP contribution < -0.4 is 9.47 Å². The first-order chi connectivity index (χ1) is 10.4. The van der Waals surface area contributed by atoms with Crippen molar-refractivity contribution < 1.29 is 14.3 Å². The predicted molar refractivity (Wildman–Crippen MR) is 88.1 cm³/mol. The van der Waals surface area contributed by atoms with Gasteiger partial charge in [0.2, 0.25) is 0 Å². The molecule has 22 heavy (non-hydrogen) atoms. The predicted octanol–water partition coefficient (Wildman–Crippen LogP) is 4.23. The van der Waals surface area contributed by atoms with E-state index in [2.05, 4.69) is 20.8 Å². The summed E-state index contributed by atoms with van der Waals surface area (Å²) in [6, 6.07) is 12.8. The topological polar surface area (TPSA) is 35.5 Å². The van der Waals surface area contributed by atoms with Crippen LogP contribution in [-0.2, 0) is 5.41 Å². The Balaban J connectivity index is 2.59. The molecule has 2 aromatic rings. The van der Waals surface area contributed by atoms with E-state index in [1.54, 1.807) is 32.4 Å². The van der Waals surface area contributed by atoms with Crippen molar-refractivity contribution in [3.8, 4) is 11.5 Å². The van der Waals surface area contributed by atoms with Gasteiger partial charge in [0.15, 0.2) is 5.78 Å². The third-order valence-corrected chi connectivity index (χ3v) is 3.61. The fraction of sp³-hybridized carbons (Fsp3) is 0.316.